The van der Waals surface area contributed by atoms with Gasteiger partial charge in [-0.05, 0) is 193 Å². The lowest BCUT2D eigenvalue weighted by atomic mass is 9.85. The smallest absolute Gasteiger partial charge is 0.251 e. The van der Waals surface area contributed by atoms with Gasteiger partial charge >= 0.3 is 0 Å². The van der Waals surface area contributed by atoms with Gasteiger partial charge in [0.15, 0.2) is 5.78 Å². The van der Waals surface area contributed by atoms with Crippen molar-refractivity contribution in [2.45, 2.75) is 251 Å². The highest BCUT2D eigenvalue weighted by molar-refractivity contribution is 6.06. The van der Waals surface area contributed by atoms with Gasteiger partial charge in [0.2, 0.25) is 53.2 Å². The molecule has 3 aliphatic carbocycles. The van der Waals surface area contributed by atoms with Crippen LogP contribution in [-0.4, -0.2) is 193 Å². The van der Waals surface area contributed by atoms with E-state index in [0.717, 1.165) is 71.9 Å². The zero-order valence-corrected chi connectivity index (χ0v) is 71.0. The van der Waals surface area contributed by atoms with Gasteiger partial charge in [-0.3, -0.25) is 57.5 Å². The molecule has 6 aliphatic rings. The van der Waals surface area contributed by atoms with Gasteiger partial charge in [-0.15, -0.1) is 37.2 Å². The lowest BCUT2D eigenvalue weighted by Crippen LogP contribution is -2.59. The van der Waals surface area contributed by atoms with Crippen LogP contribution in [0.25, 0.3) is 0 Å². The highest BCUT2D eigenvalue weighted by atomic mass is 35.5. The van der Waals surface area contributed by atoms with Gasteiger partial charge in [0, 0.05) is 54.8 Å². The van der Waals surface area contributed by atoms with Crippen LogP contribution in [0, 0.1) is 22.2 Å². The number of nitrogens with one attached hydrogen (secondary N) is 11. The summed E-state index contributed by atoms with van der Waals surface area (Å²) in [6.07, 6.45) is 6.49. The van der Waals surface area contributed by atoms with E-state index in [-0.39, 0.29) is 117 Å². The summed E-state index contributed by atoms with van der Waals surface area (Å²) in [7, 11) is 4.88. The molecule has 10 rings (SSSR count). The molecule has 0 aromatic heterocycles. The van der Waals surface area contributed by atoms with Crippen molar-refractivity contribution in [3.05, 3.63) is 141 Å². The predicted molar refractivity (Wildman–Crippen MR) is 444 cm³/mol. The summed E-state index contributed by atoms with van der Waals surface area (Å²) < 4.78 is 0. The molecular weight excluding hydrogens is 1520 g/mol. The third-order valence-electron chi connectivity index (χ3n) is 23.4. The summed E-state index contributed by atoms with van der Waals surface area (Å²) in [6, 6.07) is 16.0. The highest BCUT2D eigenvalue weighted by Gasteiger charge is 2.50. The summed E-state index contributed by atoms with van der Waals surface area (Å²) in [5.74, 6) is -7.05. The van der Waals surface area contributed by atoms with E-state index >= 15 is 33.6 Å². The Morgan fingerprint density at radius 2 is 0.684 bits per heavy atom. The number of likely N-dealkylation sites (tertiary alicyclic amines) is 3. The number of hydrogen-bond donors (Lipinski definition) is 11. The number of rotatable bonds is 25. The monoisotopic (exact) mass is 1630 g/mol. The van der Waals surface area contributed by atoms with Crippen LogP contribution in [0.5, 0.6) is 0 Å². The zero-order chi connectivity index (χ0) is 80.7. The molecule has 4 aromatic carbocycles. The molecule has 11 amide bonds. The minimum atomic E-state index is -1.14. The van der Waals surface area contributed by atoms with Crippen molar-refractivity contribution in [2.24, 2.45) is 22.2 Å². The van der Waals surface area contributed by atoms with E-state index in [2.05, 4.69) is 58.5 Å². The second kappa shape index (κ2) is 39.4. The molecule has 3 heterocycles. The maximum atomic E-state index is 15.5. The van der Waals surface area contributed by atoms with Crippen molar-refractivity contribution < 1.29 is 57.5 Å². The third-order valence-corrected chi connectivity index (χ3v) is 23.4. The highest BCUT2D eigenvalue weighted by Crippen LogP contribution is 2.38. The van der Waals surface area contributed by atoms with Gasteiger partial charge < -0.3 is 73.2 Å². The lowest BCUT2D eigenvalue weighted by Gasteiger charge is -2.36. The Labute approximate surface area is 690 Å². The van der Waals surface area contributed by atoms with Crippen LogP contribution in [0.1, 0.15) is 230 Å². The summed E-state index contributed by atoms with van der Waals surface area (Å²) in [6.45, 7) is 20.9. The summed E-state index contributed by atoms with van der Waals surface area (Å²) in [5.41, 5.74) is 3.23. The van der Waals surface area contributed by atoms with Crippen molar-refractivity contribution in [1.29, 1.82) is 0 Å². The SMILES string of the molecule is CN[C@@H](C)C(=O)N[C@H](C(=O)N1C[C@@H](CC(=O)c2cc(C(=O)N[C@H]3C[C@@H](C(=O)N[C@@H]4CCCc5ccccc54)N(C(=O)[C@@H](NC(=O)[C@H](C)NC)C(C)(C)C)C3)cc(C(=O)N[C@H]3C[C@@H](C(=O)N[C@@H]4CCCc5ccccc54)N(C(=O)[C@@H](NC(=O)[C@H](C)NC)C(C)(C)C)C3)c2)C[C@H]1C(=O)N[C@@H]1CCCc2ccccc21)C(C)(C)C.Cl.Cl.Cl. The lowest BCUT2D eigenvalue weighted by molar-refractivity contribution is -0.144. The van der Waals surface area contributed by atoms with E-state index in [4.69, 9.17) is 0 Å². The Hall–Kier alpha value is -8.53. The zero-order valence-electron chi connectivity index (χ0n) is 68.6. The van der Waals surface area contributed by atoms with Crippen molar-refractivity contribution in [2.75, 3.05) is 40.8 Å². The summed E-state index contributed by atoms with van der Waals surface area (Å²) in [4.78, 5) is 182. The largest absolute Gasteiger partial charge is 0.347 e. The maximum absolute atomic E-state index is 15.5. The Morgan fingerprint density at radius 1 is 0.395 bits per heavy atom. The Kier molecular flexibility index (Phi) is 32.0. The third kappa shape index (κ3) is 22.0. The first kappa shape index (κ1) is 92.6. The van der Waals surface area contributed by atoms with E-state index in [0.29, 0.717) is 19.3 Å². The number of ketones is 1. The minimum Gasteiger partial charge on any atom is -0.347 e. The Bertz CT molecular complexity index is 3760. The fourth-order valence-electron chi connectivity index (χ4n) is 16.6. The van der Waals surface area contributed by atoms with Crippen molar-refractivity contribution in [1.82, 2.24) is 73.2 Å². The molecule has 624 valence electrons. The second-order valence-corrected chi connectivity index (χ2v) is 34.8. The molecule has 0 spiro atoms. The second-order valence-electron chi connectivity index (χ2n) is 34.8. The fraction of sp³-hybridized carbons (Fsp3) is 0.576. The van der Waals surface area contributed by atoms with Crippen LogP contribution in [-0.2, 0) is 62.4 Å². The van der Waals surface area contributed by atoms with Gasteiger partial charge in [0.25, 0.3) is 11.8 Å². The molecule has 11 N–H and O–H groups in total. The number of likely N-dealkylation sites (N-methyl/N-ethyl adjacent to an activating group) is 3. The van der Waals surface area contributed by atoms with E-state index < -0.39 is 159 Å². The molecule has 3 saturated heterocycles. The molecule has 3 aliphatic heterocycles. The first-order chi connectivity index (χ1) is 52.5. The topological polar surface area (TPSA) is 347 Å². The number of amides is 11. The Balaban J connectivity index is 0.00000600. The van der Waals surface area contributed by atoms with Crippen LogP contribution >= 0.6 is 37.2 Å². The van der Waals surface area contributed by atoms with Crippen LogP contribution in [0.15, 0.2) is 91.0 Å². The standard InChI is InChI=1S/C85H118N14O12.3ClH/c1-47(86-13)72(101)94-69(83(4,5)6)80(109)97-44-50(37-65(97)77(106)91-62-34-22-28-51-25-16-19-31-59(51)62)38-68(100)54-39-55(75(104)89-57-42-66(78(107)92-63-35-23-29-52-26-17-20-32-60(52)63)98(45-57)81(110)70(84(7,8)9)95-73(102)48(2)87-14)41-56(40-54)76(105)90-58-43-67(79(108)93-64-36-24-30-53-27-18-21-33-61(53)64)99(46-58)82(111)71(85(10,11)12)96-74(103)49(3)88-15;;;/h16-21,25-27,31-33,39-41,47-50,57-58,62-67,69-71,86-88H,22-24,28-30,34-38,42-46H2,1-15H3,(H,89,104)(H,90,105)(H,91,106)(H,92,107)(H,93,108)(H,94,101)(H,95,102)(H,96,103);3*1H/t47-,48-,49-,50+,57-,58-,62+,63+,64+,65-,66-,67-,69+,70+,71+;;;/m0.../s1. The number of aryl methyl sites for hydroxylation is 3. The number of benzene rings is 4. The van der Waals surface area contributed by atoms with Crippen LogP contribution < -0.4 is 58.5 Å². The average Bonchev–Trinajstić information content (AvgIpc) is 1.62. The number of carbonyl (C=O) groups is 12. The van der Waals surface area contributed by atoms with Crippen LogP contribution in [0.4, 0.5) is 0 Å². The van der Waals surface area contributed by atoms with Crippen molar-refractivity contribution in [3.8, 4) is 0 Å². The van der Waals surface area contributed by atoms with Gasteiger partial charge in [-0.1, -0.05) is 135 Å². The maximum Gasteiger partial charge on any atom is 0.251 e. The normalized spacial score (nSPS) is 22.7. The molecule has 0 saturated carbocycles. The van der Waals surface area contributed by atoms with E-state index in [1.807, 2.05) is 135 Å². The summed E-state index contributed by atoms with van der Waals surface area (Å²) >= 11 is 0. The van der Waals surface area contributed by atoms with E-state index in [1.165, 1.54) is 32.9 Å². The van der Waals surface area contributed by atoms with Gasteiger partial charge in [0.1, 0.15) is 36.3 Å². The van der Waals surface area contributed by atoms with Crippen molar-refractivity contribution in [3.63, 3.8) is 0 Å². The molecule has 0 bridgehead atoms. The molecule has 26 nitrogen and oxygen atoms in total. The molecule has 0 unspecified atom stereocenters. The quantitative estimate of drug-likeness (QED) is 0.0294. The fourth-order valence-corrected chi connectivity index (χ4v) is 16.6. The Morgan fingerprint density at radius 3 is 0.991 bits per heavy atom. The number of Topliss-reactive ketones (excluding diaryl/α,β-unsaturated/α-hetero) is 1. The molecule has 3 fully saturated rings. The molecule has 0 radical (unpaired) electrons. The molecule has 29 heteroatoms. The van der Waals surface area contributed by atoms with E-state index in [1.54, 1.807) is 41.9 Å². The molecular formula is C85H121Cl3N14O12. The van der Waals surface area contributed by atoms with Crippen molar-refractivity contribution >= 4 is 108 Å². The summed E-state index contributed by atoms with van der Waals surface area (Å²) in [5, 5.41) is 33.4. The van der Waals surface area contributed by atoms with Gasteiger partial charge in [0.05, 0.1) is 36.3 Å². The number of fused-ring (bicyclic) bond motifs is 3. The number of nitrogens with zero attached hydrogens (tertiary/aromatic N) is 3. The van der Waals surface area contributed by atoms with E-state index in [9.17, 15) is 24.0 Å². The average molecular weight is 1640 g/mol. The first-order valence-electron chi connectivity index (χ1n) is 39.8. The number of carbonyl (C=O) groups excluding carboxylic acids is 12. The molecule has 114 heavy (non-hydrogen) atoms. The van der Waals surface area contributed by atoms with Crippen LogP contribution in [0.3, 0.4) is 0 Å². The molecule has 15 atom stereocenters. The number of hydrogen-bond acceptors (Lipinski definition) is 15. The minimum absolute atomic E-state index is 0. The van der Waals surface area contributed by atoms with Gasteiger partial charge in [-0.25, -0.2) is 0 Å². The van der Waals surface area contributed by atoms with Gasteiger partial charge in [-0.2, -0.15) is 0 Å². The molecule has 4 aromatic rings. The number of halogens is 3. The predicted octanol–water partition coefficient (Wildman–Crippen LogP) is 7.14. The first-order valence-corrected chi connectivity index (χ1v) is 39.8. The van der Waals surface area contributed by atoms with Crippen LogP contribution in [0.2, 0.25) is 0 Å².